The molecule has 0 amide bonds. The van der Waals surface area contributed by atoms with E-state index < -0.39 is 0 Å². The Morgan fingerprint density at radius 1 is 1.07 bits per heavy atom. The first-order chi connectivity index (χ1) is 13.5. The van der Waals surface area contributed by atoms with E-state index in [-0.39, 0.29) is 24.0 Å². The molecule has 0 aliphatic heterocycles. The molecule has 0 bridgehead atoms. The van der Waals surface area contributed by atoms with Crippen LogP contribution in [-0.4, -0.2) is 37.6 Å². The molecule has 2 aromatic rings. The van der Waals surface area contributed by atoms with Crippen molar-refractivity contribution in [1.82, 2.24) is 15.5 Å². The van der Waals surface area contributed by atoms with Crippen molar-refractivity contribution in [2.75, 3.05) is 20.7 Å². The lowest BCUT2D eigenvalue weighted by atomic mass is 10.1. The van der Waals surface area contributed by atoms with Crippen molar-refractivity contribution in [3.05, 3.63) is 65.2 Å². The fourth-order valence-corrected chi connectivity index (χ4v) is 2.80. The van der Waals surface area contributed by atoms with Gasteiger partial charge in [0.25, 0.3) is 0 Å². The molecule has 0 aromatic heterocycles. The van der Waals surface area contributed by atoms with Gasteiger partial charge in [0.2, 0.25) is 0 Å². The van der Waals surface area contributed by atoms with E-state index in [4.69, 9.17) is 9.73 Å². The summed E-state index contributed by atoms with van der Waals surface area (Å²) in [5.41, 5.74) is 3.76. The van der Waals surface area contributed by atoms with E-state index in [1.54, 1.807) is 7.11 Å². The van der Waals surface area contributed by atoms with E-state index in [0.717, 1.165) is 36.9 Å². The molecule has 160 valence electrons. The highest BCUT2D eigenvalue weighted by molar-refractivity contribution is 14.0. The van der Waals surface area contributed by atoms with Gasteiger partial charge >= 0.3 is 0 Å². The van der Waals surface area contributed by atoms with Crippen LogP contribution >= 0.6 is 24.0 Å². The summed E-state index contributed by atoms with van der Waals surface area (Å²) in [6.45, 7) is 9.62. The Bertz CT molecular complexity index is 764. The minimum Gasteiger partial charge on any atom is -0.497 e. The van der Waals surface area contributed by atoms with Gasteiger partial charge < -0.3 is 15.4 Å². The minimum atomic E-state index is 0. The third-order valence-corrected chi connectivity index (χ3v) is 4.76. The summed E-state index contributed by atoms with van der Waals surface area (Å²) in [5, 5.41) is 6.80. The van der Waals surface area contributed by atoms with E-state index in [1.165, 1.54) is 11.1 Å². The second-order valence-corrected chi connectivity index (χ2v) is 7.18. The molecule has 0 saturated heterocycles. The maximum Gasteiger partial charge on any atom is 0.191 e. The van der Waals surface area contributed by atoms with E-state index in [0.29, 0.717) is 12.6 Å². The number of hydrogen-bond acceptors (Lipinski definition) is 3. The molecule has 0 aliphatic rings. The standard InChI is InChI=1S/C23H34N4O.HI/c1-6-24-23(25-15-19-10-9-13-22(14-19)28-5)26-16-20-11-7-8-12-21(20)17-27(4)18(2)3;/h7-14,18H,6,15-17H2,1-5H3,(H2,24,25,26);1H. The largest absolute Gasteiger partial charge is 0.497 e. The van der Waals surface area contributed by atoms with Gasteiger partial charge in [-0.3, -0.25) is 4.90 Å². The number of aliphatic imine (C=N–C) groups is 1. The summed E-state index contributed by atoms with van der Waals surface area (Å²) in [6.07, 6.45) is 0. The number of halogens is 1. The van der Waals surface area contributed by atoms with Crippen LogP contribution in [0.15, 0.2) is 53.5 Å². The first kappa shape index (κ1) is 25.2. The van der Waals surface area contributed by atoms with Crippen LogP contribution in [0.25, 0.3) is 0 Å². The van der Waals surface area contributed by atoms with E-state index in [9.17, 15) is 0 Å². The number of hydrogen-bond donors (Lipinski definition) is 2. The summed E-state index contributed by atoms with van der Waals surface area (Å²) in [6, 6.07) is 17.1. The highest BCUT2D eigenvalue weighted by Crippen LogP contribution is 2.14. The molecule has 0 unspecified atom stereocenters. The SMILES string of the molecule is CCNC(=NCc1cccc(OC)c1)NCc1ccccc1CN(C)C(C)C.I. The van der Waals surface area contributed by atoms with E-state index in [2.05, 4.69) is 73.7 Å². The molecule has 0 saturated carbocycles. The maximum absolute atomic E-state index is 5.29. The molecule has 0 atom stereocenters. The van der Waals surface area contributed by atoms with Crippen LogP contribution in [0.3, 0.4) is 0 Å². The minimum absolute atomic E-state index is 0. The molecule has 0 aliphatic carbocycles. The predicted molar refractivity (Wildman–Crippen MR) is 133 cm³/mol. The number of benzene rings is 2. The van der Waals surface area contributed by atoms with Crippen molar-refractivity contribution < 1.29 is 4.74 Å². The Labute approximate surface area is 193 Å². The lowest BCUT2D eigenvalue weighted by Crippen LogP contribution is -2.37. The van der Waals surface area contributed by atoms with Crippen LogP contribution < -0.4 is 15.4 Å². The number of ether oxygens (including phenoxy) is 1. The van der Waals surface area contributed by atoms with E-state index >= 15 is 0 Å². The third-order valence-electron chi connectivity index (χ3n) is 4.76. The molecule has 2 N–H and O–H groups in total. The highest BCUT2D eigenvalue weighted by Gasteiger charge is 2.08. The number of nitrogens with zero attached hydrogens (tertiary/aromatic N) is 2. The zero-order valence-electron chi connectivity index (χ0n) is 18.2. The Hall–Kier alpha value is -1.80. The molecule has 0 heterocycles. The summed E-state index contributed by atoms with van der Waals surface area (Å²) < 4.78 is 5.29. The van der Waals surface area contributed by atoms with Gasteiger partial charge in [-0.2, -0.15) is 0 Å². The topological polar surface area (TPSA) is 48.9 Å². The Morgan fingerprint density at radius 3 is 2.45 bits per heavy atom. The van der Waals surface area contributed by atoms with Crippen molar-refractivity contribution in [3.63, 3.8) is 0 Å². The number of rotatable bonds is 9. The molecule has 0 fully saturated rings. The first-order valence-corrected chi connectivity index (χ1v) is 9.95. The van der Waals surface area contributed by atoms with Gasteiger partial charge in [0.15, 0.2) is 5.96 Å². The maximum atomic E-state index is 5.29. The molecule has 6 heteroatoms. The Morgan fingerprint density at radius 2 is 1.79 bits per heavy atom. The number of methoxy groups -OCH3 is 1. The lowest BCUT2D eigenvalue weighted by Gasteiger charge is -2.23. The van der Waals surface area contributed by atoms with Gasteiger partial charge in [-0.25, -0.2) is 4.99 Å². The monoisotopic (exact) mass is 510 g/mol. The van der Waals surface area contributed by atoms with Crippen molar-refractivity contribution >= 4 is 29.9 Å². The molecular weight excluding hydrogens is 475 g/mol. The van der Waals surface area contributed by atoms with Gasteiger partial charge in [-0.1, -0.05) is 36.4 Å². The summed E-state index contributed by atoms with van der Waals surface area (Å²) in [4.78, 5) is 7.07. The van der Waals surface area contributed by atoms with Gasteiger partial charge in [0, 0.05) is 25.7 Å². The fourth-order valence-electron chi connectivity index (χ4n) is 2.80. The highest BCUT2D eigenvalue weighted by atomic mass is 127. The van der Waals surface area contributed by atoms with Crippen LogP contribution in [0, 0.1) is 0 Å². The molecular formula is C23H35IN4O. The fraction of sp³-hybridized carbons (Fsp3) is 0.435. The number of nitrogens with one attached hydrogen (secondary N) is 2. The average Bonchev–Trinajstić information content (AvgIpc) is 2.71. The van der Waals surface area contributed by atoms with Gasteiger partial charge in [0.05, 0.1) is 13.7 Å². The van der Waals surface area contributed by atoms with Crippen LogP contribution in [0.2, 0.25) is 0 Å². The average molecular weight is 510 g/mol. The smallest absolute Gasteiger partial charge is 0.191 e. The molecule has 0 spiro atoms. The van der Waals surface area contributed by atoms with Crippen LogP contribution in [0.4, 0.5) is 0 Å². The summed E-state index contributed by atoms with van der Waals surface area (Å²) in [5.74, 6) is 1.67. The molecule has 0 radical (unpaired) electrons. The van der Waals surface area contributed by atoms with Crippen LogP contribution in [0.1, 0.15) is 37.5 Å². The quantitative estimate of drug-likeness (QED) is 0.298. The van der Waals surface area contributed by atoms with Gasteiger partial charge in [-0.05, 0) is 56.6 Å². The van der Waals surface area contributed by atoms with E-state index in [1.807, 2.05) is 18.2 Å². The molecule has 2 rings (SSSR count). The summed E-state index contributed by atoms with van der Waals surface area (Å²) in [7, 11) is 3.84. The first-order valence-electron chi connectivity index (χ1n) is 9.95. The second kappa shape index (κ2) is 13.4. The molecule has 29 heavy (non-hydrogen) atoms. The third kappa shape index (κ3) is 8.62. The van der Waals surface area contributed by atoms with Crippen molar-refractivity contribution in [2.24, 2.45) is 4.99 Å². The molecule has 5 nitrogen and oxygen atoms in total. The van der Waals surface area contributed by atoms with Crippen molar-refractivity contribution in [2.45, 2.75) is 46.4 Å². The lowest BCUT2D eigenvalue weighted by molar-refractivity contribution is 0.265. The van der Waals surface area contributed by atoms with Gasteiger partial charge in [0.1, 0.15) is 5.75 Å². The zero-order chi connectivity index (χ0) is 20.4. The predicted octanol–water partition coefficient (Wildman–Crippen LogP) is 4.41. The van der Waals surface area contributed by atoms with Crippen molar-refractivity contribution in [3.8, 4) is 5.75 Å². The summed E-state index contributed by atoms with van der Waals surface area (Å²) >= 11 is 0. The zero-order valence-corrected chi connectivity index (χ0v) is 20.6. The van der Waals surface area contributed by atoms with Crippen molar-refractivity contribution in [1.29, 1.82) is 0 Å². The normalized spacial score (nSPS) is 11.3. The van der Waals surface area contributed by atoms with Crippen LogP contribution in [0.5, 0.6) is 5.75 Å². The van der Waals surface area contributed by atoms with Crippen LogP contribution in [-0.2, 0) is 19.6 Å². The second-order valence-electron chi connectivity index (χ2n) is 7.18. The molecule has 2 aromatic carbocycles. The Balaban J connectivity index is 0.00000420. The number of guanidine groups is 1. The Kier molecular flexibility index (Phi) is 11.7. The van der Waals surface area contributed by atoms with Gasteiger partial charge in [-0.15, -0.1) is 24.0 Å².